The first-order chi connectivity index (χ1) is 11.1. The molecular weight excluding hydrogens is 297 g/mol. The molecule has 0 fully saturated rings. The lowest BCUT2D eigenvalue weighted by Gasteiger charge is -2.18. The normalized spacial score (nSPS) is 9.78. The highest BCUT2D eigenvalue weighted by Gasteiger charge is 2.09. The van der Waals surface area contributed by atoms with Crippen molar-refractivity contribution in [3.8, 4) is 11.8 Å². The highest BCUT2D eigenvalue weighted by Crippen LogP contribution is 2.15. The minimum atomic E-state index is -0.433. The minimum Gasteiger partial charge on any atom is -0.489 e. The van der Waals surface area contributed by atoms with Crippen LogP contribution in [0.3, 0.4) is 0 Å². The van der Waals surface area contributed by atoms with Crippen molar-refractivity contribution in [1.82, 2.24) is 4.90 Å². The zero-order chi connectivity index (χ0) is 16.7. The largest absolute Gasteiger partial charge is 0.489 e. The SMILES string of the molecule is CN(CCOc1ccccc1F)C(=O)Nc1ccc(C#N)cc1. The van der Waals surface area contributed by atoms with Gasteiger partial charge in [-0.2, -0.15) is 5.26 Å². The number of likely N-dealkylation sites (N-methyl/N-ethyl adjacent to an activating group) is 1. The van der Waals surface area contributed by atoms with Crippen LogP contribution in [0, 0.1) is 17.1 Å². The Balaban J connectivity index is 1.80. The second-order valence-electron chi connectivity index (χ2n) is 4.82. The smallest absolute Gasteiger partial charge is 0.321 e. The van der Waals surface area contributed by atoms with Crippen LogP contribution in [0.15, 0.2) is 48.5 Å². The average Bonchev–Trinajstić information content (AvgIpc) is 2.57. The van der Waals surface area contributed by atoms with Crippen molar-refractivity contribution in [2.75, 3.05) is 25.5 Å². The number of para-hydroxylation sites is 1. The van der Waals surface area contributed by atoms with Gasteiger partial charge in [0.1, 0.15) is 6.61 Å². The molecule has 0 heterocycles. The molecule has 0 saturated carbocycles. The van der Waals surface area contributed by atoms with Crippen LogP contribution in [0.1, 0.15) is 5.56 Å². The zero-order valence-electron chi connectivity index (χ0n) is 12.6. The van der Waals surface area contributed by atoms with Gasteiger partial charge in [0.05, 0.1) is 18.2 Å². The molecule has 2 rings (SSSR count). The molecule has 0 aliphatic heterocycles. The van der Waals surface area contributed by atoms with Crippen molar-refractivity contribution in [2.24, 2.45) is 0 Å². The molecule has 0 unspecified atom stereocenters. The fourth-order valence-corrected chi connectivity index (χ4v) is 1.80. The summed E-state index contributed by atoms with van der Waals surface area (Å²) >= 11 is 0. The number of carbonyl (C=O) groups excluding carboxylic acids is 1. The van der Waals surface area contributed by atoms with Crippen molar-refractivity contribution in [3.63, 3.8) is 0 Å². The van der Waals surface area contributed by atoms with Crippen LogP contribution in [-0.4, -0.2) is 31.1 Å². The van der Waals surface area contributed by atoms with Gasteiger partial charge in [0.2, 0.25) is 0 Å². The van der Waals surface area contributed by atoms with Gasteiger partial charge in [-0.05, 0) is 36.4 Å². The highest BCUT2D eigenvalue weighted by molar-refractivity contribution is 5.89. The van der Waals surface area contributed by atoms with E-state index in [9.17, 15) is 9.18 Å². The van der Waals surface area contributed by atoms with Gasteiger partial charge in [-0.1, -0.05) is 12.1 Å². The summed E-state index contributed by atoms with van der Waals surface area (Å²) in [5.41, 5.74) is 1.12. The molecule has 2 aromatic rings. The summed E-state index contributed by atoms with van der Waals surface area (Å²) in [5, 5.41) is 11.4. The van der Waals surface area contributed by atoms with Crippen LogP contribution < -0.4 is 10.1 Å². The molecule has 0 bridgehead atoms. The Morgan fingerprint density at radius 2 is 1.96 bits per heavy atom. The first-order valence-electron chi connectivity index (χ1n) is 7.00. The molecule has 1 N–H and O–H groups in total. The quantitative estimate of drug-likeness (QED) is 0.921. The Hall–Kier alpha value is -3.07. The predicted molar refractivity (Wildman–Crippen MR) is 84.7 cm³/mol. The Morgan fingerprint density at radius 1 is 1.26 bits per heavy atom. The molecule has 5 nitrogen and oxygen atoms in total. The third-order valence-electron chi connectivity index (χ3n) is 3.13. The lowest BCUT2D eigenvalue weighted by molar-refractivity contribution is 0.206. The van der Waals surface area contributed by atoms with E-state index in [1.54, 1.807) is 43.4 Å². The molecule has 0 saturated heterocycles. The van der Waals surface area contributed by atoms with Crippen LogP contribution in [0.4, 0.5) is 14.9 Å². The number of amides is 2. The third kappa shape index (κ3) is 4.71. The van der Waals surface area contributed by atoms with Crippen molar-refractivity contribution in [3.05, 3.63) is 59.9 Å². The predicted octanol–water partition coefficient (Wildman–Crippen LogP) is 3.24. The van der Waals surface area contributed by atoms with Crippen LogP contribution in [0.25, 0.3) is 0 Å². The van der Waals surface area contributed by atoms with E-state index in [-0.39, 0.29) is 18.4 Å². The number of nitrogens with one attached hydrogen (secondary N) is 1. The van der Waals surface area contributed by atoms with E-state index in [1.165, 1.54) is 17.0 Å². The Bertz CT molecular complexity index is 711. The summed E-state index contributed by atoms with van der Waals surface area (Å²) in [4.78, 5) is 13.4. The summed E-state index contributed by atoms with van der Waals surface area (Å²) < 4.78 is 18.7. The van der Waals surface area contributed by atoms with Crippen molar-refractivity contribution < 1.29 is 13.9 Å². The van der Waals surface area contributed by atoms with Crippen molar-refractivity contribution in [2.45, 2.75) is 0 Å². The molecular formula is C17H16FN3O2. The first-order valence-corrected chi connectivity index (χ1v) is 7.00. The van der Waals surface area contributed by atoms with Crippen LogP contribution >= 0.6 is 0 Å². The van der Waals surface area contributed by atoms with E-state index < -0.39 is 5.82 Å². The van der Waals surface area contributed by atoms with E-state index >= 15 is 0 Å². The fourth-order valence-electron chi connectivity index (χ4n) is 1.80. The van der Waals surface area contributed by atoms with Gasteiger partial charge in [-0.25, -0.2) is 9.18 Å². The number of hydrogen-bond donors (Lipinski definition) is 1. The van der Waals surface area contributed by atoms with E-state index in [1.807, 2.05) is 6.07 Å². The number of halogens is 1. The van der Waals surface area contributed by atoms with Crippen LogP contribution in [-0.2, 0) is 0 Å². The molecule has 0 atom stereocenters. The molecule has 0 spiro atoms. The Kier molecular flexibility index (Phi) is 5.53. The van der Waals surface area contributed by atoms with Crippen LogP contribution in [0.5, 0.6) is 5.75 Å². The topological polar surface area (TPSA) is 65.4 Å². The number of nitrogens with zero attached hydrogens (tertiary/aromatic N) is 2. The molecule has 118 valence electrons. The summed E-state index contributed by atoms with van der Waals surface area (Å²) in [6.45, 7) is 0.481. The number of anilines is 1. The third-order valence-corrected chi connectivity index (χ3v) is 3.13. The molecule has 0 aliphatic rings. The zero-order valence-corrected chi connectivity index (χ0v) is 12.6. The molecule has 6 heteroatoms. The van der Waals surface area contributed by atoms with Gasteiger partial charge < -0.3 is 15.0 Å². The minimum absolute atomic E-state index is 0.161. The molecule has 23 heavy (non-hydrogen) atoms. The highest BCUT2D eigenvalue weighted by atomic mass is 19.1. The number of carbonyl (C=O) groups is 1. The summed E-state index contributed by atoms with van der Waals surface area (Å²) in [5.74, 6) is -0.273. The van der Waals surface area contributed by atoms with Crippen molar-refractivity contribution in [1.29, 1.82) is 5.26 Å². The number of nitriles is 1. The maximum absolute atomic E-state index is 13.4. The standard InChI is InChI=1S/C17H16FN3O2/c1-21(10-11-23-16-5-3-2-4-15(16)18)17(22)20-14-8-6-13(12-19)7-9-14/h2-9H,10-11H2,1H3,(H,20,22). The van der Waals surface area contributed by atoms with Gasteiger partial charge in [-0.3, -0.25) is 0 Å². The maximum Gasteiger partial charge on any atom is 0.321 e. The van der Waals surface area contributed by atoms with E-state index in [4.69, 9.17) is 10.00 Å². The molecule has 0 aromatic heterocycles. The van der Waals surface area contributed by atoms with E-state index in [2.05, 4.69) is 5.32 Å². The number of hydrogen-bond acceptors (Lipinski definition) is 3. The Labute approximate surface area is 133 Å². The average molecular weight is 313 g/mol. The maximum atomic E-state index is 13.4. The second kappa shape index (κ2) is 7.80. The van der Waals surface area contributed by atoms with Gasteiger partial charge in [-0.15, -0.1) is 0 Å². The number of benzene rings is 2. The Morgan fingerprint density at radius 3 is 2.61 bits per heavy atom. The summed E-state index contributed by atoms with van der Waals surface area (Å²) in [6.07, 6.45) is 0. The molecule has 0 radical (unpaired) electrons. The summed E-state index contributed by atoms with van der Waals surface area (Å²) in [6, 6.07) is 14.4. The molecule has 0 aliphatic carbocycles. The first kappa shape index (κ1) is 16.3. The van der Waals surface area contributed by atoms with Gasteiger partial charge in [0.15, 0.2) is 11.6 Å². The number of ether oxygens (including phenoxy) is 1. The van der Waals surface area contributed by atoms with E-state index in [0.29, 0.717) is 17.8 Å². The van der Waals surface area contributed by atoms with Crippen molar-refractivity contribution >= 4 is 11.7 Å². The summed E-state index contributed by atoms with van der Waals surface area (Å²) in [7, 11) is 1.61. The number of rotatable bonds is 5. The molecule has 2 amide bonds. The lowest BCUT2D eigenvalue weighted by atomic mass is 10.2. The monoisotopic (exact) mass is 313 g/mol. The fraction of sp³-hybridized carbons (Fsp3) is 0.176. The van der Waals surface area contributed by atoms with Gasteiger partial charge >= 0.3 is 6.03 Å². The second-order valence-corrected chi connectivity index (χ2v) is 4.82. The number of urea groups is 1. The lowest BCUT2D eigenvalue weighted by Crippen LogP contribution is -2.34. The van der Waals surface area contributed by atoms with Gasteiger partial charge in [0, 0.05) is 12.7 Å². The van der Waals surface area contributed by atoms with Gasteiger partial charge in [0.25, 0.3) is 0 Å². The van der Waals surface area contributed by atoms with E-state index in [0.717, 1.165) is 0 Å². The van der Waals surface area contributed by atoms with Crippen LogP contribution in [0.2, 0.25) is 0 Å². The molecule has 2 aromatic carbocycles.